The summed E-state index contributed by atoms with van der Waals surface area (Å²) in [5, 5.41) is 21.4. The molecule has 0 aliphatic carbocycles. The molecular weight excluding hydrogens is 289 g/mol. The van der Waals surface area contributed by atoms with E-state index >= 15 is 0 Å². The number of aromatic carboxylic acids is 1. The second kappa shape index (κ2) is 5.66. The molecule has 0 aliphatic rings. The van der Waals surface area contributed by atoms with Crippen molar-refractivity contribution in [1.29, 1.82) is 0 Å². The Balaban J connectivity index is 2.35. The first kappa shape index (κ1) is 13.9. The molecule has 0 saturated carbocycles. The van der Waals surface area contributed by atoms with Crippen LogP contribution in [0.25, 0.3) is 0 Å². The standard InChI is InChI=1S/C12H8FNO5S/c13-9-5-10(14(17)18)11(4-8(9)12(15)16)19-6-7-2-1-3-20-7/h1-5H,6H2,(H,15,16). The molecule has 0 aliphatic heterocycles. The highest BCUT2D eigenvalue weighted by molar-refractivity contribution is 7.09. The van der Waals surface area contributed by atoms with Crippen LogP contribution in [0.5, 0.6) is 5.75 Å². The third-order valence-corrected chi connectivity index (χ3v) is 3.28. The second-order valence-corrected chi connectivity index (χ2v) is 4.76. The summed E-state index contributed by atoms with van der Waals surface area (Å²) in [6.07, 6.45) is 0. The Morgan fingerprint density at radius 2 is 2.25 bits per heavy atom. The van der Waals surface area contributed by atoms with Gasteiger partial charge in [0.1, 0.15) is 12.4 Å². The van der Waals surface area contributed by atoms with Crippen LogP contribution in [0.4, 0.5) is 10.1 Å². The third-order valence-electron chi connectivity index (χ3n) is 2.43. The summed E-state index contributed by atoms with van der Waals surface area (Å²) in [6.45, 7) is 0.0448. The normalized spacial score (nSPS) is 10.2. The summed E-state index contributed by atoms with van der Waals surface area (Å²) in [5.74, 6) is -2.96. The van der Waals surface area contributed by atoms with E-state index in [1.54, 1.807) is 17.5 Å². The number of carboxylic acids is 1. The highest BCUT2D eigenvalue weighted by Gasteiger charge is 2.22. The number of carboxylic acid groups (broad SMARTS) is 1. The monoisotopic (exact) mass is 297 g/mol. The number of nitro groups is 1. The Morgan fingerprint density at radius 1 is 1.50 bits per heavy atom. The lowest BCUT2D eigenvalue weighted by molar-refractivity contribution is -0.386. The van der Waals surface area contributed by atoms with Gasteiger partial charge in [0.15, 0.2) is 5.75 Å². The van der Waals surface area contributed by atoms with Crippen molar-refractivity contribution in [1.82, 2.24) is 0 Å². The molecule has 0 fully saturated rings. The molecule has 0 unspecified atom stereocenters. The van der Waals surface area contributed by atoms with Crippen LogP contribution in [-0.2, 0) is 6.61 Å². The minimum Gasteiger partial charge on any atom is -0.481 e. The van der Waals surface area contributed by atoms with Gasteiger partial charge in [-0.25, -0.2) is 9.18 Å². The second-order valence-electron chi connectivity index (χ2n) is 3.73. The molecule has 1 aromatic heterocycles. The Labute approximate surface area is 116 Å². The number of benzene rings is 1. The van der Waals surface area contributed by atoms with E-state index < -0.39 is 28.0 Å². The van der Waals surface area contributed by atoms with Crippen LogP contribution < -0.4 is 4.74 Å². The van der Waals surface area contributed by atoms with Crippen LogP contribution in [-0.4, -0.2) is 16.0 Å². The van der Waals surface area contributed by atoms with Gasteiger partial charge in [-0.15, -0.1) is 11.3 Å². The van der Waals surface area contributed by atoms with Crippen LogP contribution in [0.1, 0.15) is 15.2 Å². The topological polar surface area (TPSA) is 89.7 Å². The van der Waals surface area contributed by atoms with E-state index in [-0.39, 0.29) is 12.4 Å². The van der Waals surface area contributed by atoms with Gasteiger partial charge in [0.2, 0.25) is 0 Å². The number of carbonyl (C=O) groups is 1. The van der Waals surface area contributed by atoms with Crippen molar-refractivity contribution in [3.63, 3.8) is 0 Å². The van der Waals surface area contributed by atoms with Gasteiger partial charge in [0.25, 0.3) is 0 Å². The molecule has 0 saturated heterocycles. The average Bonchev–Trinajstić information content (AvgIpc) is 2.89. The number of ether oxygens (including phenoxy) is 1. The molecule has 8 heteroatoms. The van der Waals surface area contributed by atoms with Crippen molar-refractivity contribution in [2.45, 2.75) is 6.61 Å². The molecule has 1 aromatic carbocycles. The van der Waals surface area contributed by atoms with Gasteiger partial charge in [0, 0.05) is 10.9 Å². The zero-order valence-corrected chi connectivity index (χ0v) is 10.7. The Morgan fingerprint density at radius 3 is 2.80 bits per heavy atom. The summed E-state index contributed by atoms with van der Waals surface area (Å²) in [4.78, 5) is 21.6. The van der Waals surface area contributed by atoms with Crippen molar-refractivity contribution in [3.05, 3.63) is 56.0 Å². The first-order valence-corrected chi connectivity index (χ1v) is 6.23. The number of hydrogen-bond acceptors (Lipinski definition) is 5. The van der Waals surface area contributed by atoms with Crippen molar-refractivity contribution >= 4 is 23.0 Å². The lowest BCUT2D eigenvalue weighted by Gasteiger charge is -2.07. The van der Waals surface area contributed by atoms with E-state index in [1.165, 1.54) is 11.3 Å². The molecular formula is C12H8FNO5S. The van der Waals surface area contributed by atoms with Crippen molar-refractivity contribution < 1.29 is 24.0 Å². The minimum atomic E-state index is -1.52. The molecule has 2 aromatic rings. The summed E-state index contributed by atoms with van der Waals surface area (Å²) in [5.41, 5.74) is -1.28. The molecule has 0 radical (unpaired) electrons. The molecule has 104 valence electrons. The van der Waals surface area contributed by atoms with Crippen molar-refractivity contribution in [3.8, 4) is 5.75 Å². The van der Waals surface area contributed by atoms with Gasteiger partial charge in [-0.05, 0) is 11.4 Å². The lowest BCUT2D eigenvalue weighted by atomic mass is 10.2. The summed E-state index contributed by atoms with van der Waals surface area (Å²) in [6, 6.07) is 4.92. The lowest BCUT2D eigenvalue weighted by Crippen LogP contribution is -2.05. The Hall–Kier alpha value is -2.48. The maximum absolute atomic E-state index is 13.4. The molecule has 6 nitrogen and oxygen atoms in total. The van der Waals surface area contributed by atoms with E-state index in [9.17, 15) is 19.3 Å². The number of nitrogens with zero attached hydrogens (tertiary/aromatic N) is 1. The number of hydrogen-bond donors (Lipinski definition) is 1. The number of thiophene rings is 1. The molecule has 0 amide bonds. The fourth-order valence-corrected chi connectivity index (χ4v) is 2.12. The minimum absolute atomic E-state index is 0.0448. The fourth-order valence-electron chi connectivity index (χ4n) is 1.51. The first-order chi connectivity index (χ1) is 9.49. The predicted molar refractivity (Wildman–Crippen MR) is 68.7 cm³/mol. The quantitative estimate of drug-likeness (QED) is 0.676. The van der Waals surface area contributed by atoms with E-state index in [0.717, 1.165) is 10.9 Å². The highest BCUT2D eigenvalue weighted by atomic mass is 32.1. The molecule has 0 bridgehead atoms. The average molecular weight is 297 g/mol. The molecule has 0 atom stereocenters. The van der Waals surface area contributed by atoms with Crippen molar-refractivity contribution in [2.75, 3.05) is 0 Å². The SMILES string of the molecule is O=C(O)c1cc(OCc2cccs2)c([N+](=O)[O-])cc1F. The van der Waals surface area contributed by atoms with Crippen LogP contribution in [0.15, 0.2) is 29.6 Å². The van der Waals surface area contributed by atoms with Crippen LogP contribution in [0.2, 0.25) is 0 Å². The first-order valence-electron chi connectivity index (χ1n) is 5.35. The number of nitro benzene ring substituents is 1. The maximum Gasteiger partial charge on any atom is 0.338 e. The molecule has 20 heavy (non-hydrogen) atoms. The van der Waals surface area contributed by atoms with Gasteiger partial charge in [0.05, 0.1) is 16.6 Å². The van der Waals surface area contributed by atoms with E-state index in [1.807, 2.05) is 0 Å². The number of rotatable bonds is 5. The molecule has 1 heterocycles. The fraction of sp³-hybridized carbons (Fsp3) is 0.0833. The summed E-state index contributed by atoms with van der Waals surface area (Å²) in [7, 11) is 0. The van der Waals surface area contributed by atoms with Gasteiger partial charge in [-0.3, -0.25) is 10.1 Å². The van der Waals surface area contributed by atoms with Gasteiger partial charge in [-0.2, -0.15) is 0 Å². The molecule has 2 rings (SSSR count). The summed E-state index contributed by atoms with van der Waals surface area (Å²) < 4.78 is 18.6. The van der Waals surface area contributed by atoms with E-state index in [0.29, 0.717) is 6.07 Å². The third kappa shape index (κ3) is 2.91. The molecule has 1 N–H and O–H groups in total. The zero-order valence-electron chi connectivity index (χ0n) is 9.91. The van der Waals surface area contributed by atoms with E-state index in [4.69, 9.17) is 9.84 Å². The van der Waals surface area contributed by atoms with Gasteiger partial charge in [-0.1, -0.05) is 6.07 Å². The van der Waals surface area contributed by atoms with Crippen molar-refractivity contribution in [2.24, 2.45) is 0 Å². The highest BCUT2D eigenvalue weighted by Crippen LogP contribution is 2.31. The Kier molecular flexibility index (Phi) is 3.94. The van der Waals surface area contributed by atoms with Crippen LogP contribution in [0.3, 0.4) is 0 Å². The molecule has 0 spiro atoms. The van der Waals surface area contributed by atoms with E-state index in [2.05, 4.69) is 0 Å². The van der Waals surface area contributed by atoms with Crippen LogP contribution >= 0.6 is 11.3 Å². The maximum atomic E-state index is 13.4. The van der Waals surface area contributed by atoms with Gasteiger partial charge < -0.3 is 9.84 Å². The zero-order chi connectivity index (χ0) is 14.7. The number of halogens is 1. The summed E-state index contributed by atoms with van der Waals surface area (Å²) >= 11 is 1.38. The largest absolute Gasteiger partial charge is 0.481 e. The van der Waals surface area contributed by atoms with Gasteiger partial charge >= 0.3 is 11.7 Å². The predicted octanol–water partition coefficient (Wildman–Crippen LogP) is 3.07. The smallest absolute Gasteiger partial charge is 0.338 e. The van der Waals surface area contributed by atoms with Crippen LogP contribution in [0, 0.1) is 15.9 Å². The Bertz CT molecular complexity index is 656.